The number of nitrogens with two attached hydrogens (primary N) is 1. The van der Waals surface area contributed by atoms with Gasteiger partial charge in [0, 0.05) is 41.1 Å². The van der Waals surface area contributed by atoms with E-state index in [9.17, 15) is 0 Å². The van der Waals surface area contributed by atoms with E-state index in [0.717, 1.165) is 28.9 Å². The summed E-state index contributed by atoms with van der Waals surface area (Å²) in [5.74, 6) is 0.772. The Hall–Kier alpha value is -2.49. The van der Waals surface area contributed by atoms with Crippen molar-refractivity contribution in [3.8, 4) is 5.75 Å². The Kier molecular flexibility index (Phi) is 3.29. The third-order valence-electron chi connectivity index (χ3n) is 3.36. The van der Waals surface area contributed by atoms with Crippen LogP contribution in [0, 0.1) is 0 Å². The molecule has 2 aromatic heterocycles. The minimum Gasteiger partial charge on any atom is -0.487 e. The predicted molar refractivity (Wildman–Crippen MR) is 80.6 cm³/mol. The van der Waals surface area contributed by atoms with Crippen molar-refractivity contribution in [1.29, 1.82) is 0 Å². The standard InChI is InChI=1S/C16H17N3O/c1-2-19-10-12(11-20-14-4-3-7-18-9-14)15-8-13(17)5-6-16(15)19/h3-10H,2,11,17H2,1H3. The molecule has 0 aliphatic rings. The van der Waals surface area contributed by atoms with Crippen LogP contribution in [-0.4, -0.2) is 9.55 Å². The monoisotopic (exact) mass is 267 g/mol. The summed E-state index contributed by atoms with van der Waals surface area (Å²) >= 11 is 0. The number of pyridine rings is 1. The van der Waals surface area contributed by atoms with Crippen LogP contribution in [0.5, 0.6) is 5.75 Å². The van der Waals surface area contributed by atoms with Gasteiger partial charge >= 0.3 is 0 Å². The van der Waals surface area contributed by atoms with Crippen LogP contribution < -0.4 is 10.5 Å². The van der Waals surface area contributed by atoms with E-state index in [1.165, 1.54) is 5.52 Å². The van der Waals surface area contributed by atoms with Gasteiger partial charge in [0.05, 0.1) is 6.20 Å². The van der Waals surface area contributed by atoms with Gasteiger partial charge in [0.15, 0.2) is 0 Å². The molecule has 1 aromatic carbocycles. The van der Waals surface area contributed by atoms with Crippen LogP contribution in [0.3, 0.4) is 0 Å². The second kappa shape index (κ2) is 5.25. The molecular weight excluding hydrogens is 250 g/mol. The molecule has 0 saturated heterocycles. The number of hydrogen-bond acceptors (Lipinski definition) is 3. The molecule has 0 spiro atoms. The topological polar surface area (TPSA) is 53.1 Å². The first-order valence-corrected chi connectivity index (χ1v) is 6.68. The normalized spacial score (nSPS) is 10.8. The highest BCUT2D eigenvalue weighted by molar-refractivity contribution is 5.86. The quantitative estimate of drug-likeness (QED) is 0.738. The van der Waals surface area contributed by atoms with Crippen LogP contribution in [0.1, 0.15) is 12.5 Å². The lowest BCUT2D eigenvalue weighted by molar-refractivity contribution is 0.306. The van der Waals surface area contributed by atoms with Crippen molar-refractivity contribution in [2.45, 2.75) is 20.1 Å². The number of fused-ring (bicyclic) bond motifs is 1. The molecule has 4 nitrogen and oxygen atoms in total. The molecule has 0 radical (unpaired) electrons. The Labute approximate surface area is 117 Å². The molecule has 2 heterocycles. The van der Waals surface area contributed by atoms with Gasteiger partial charge in [0.1, 0.15) is 12.4 Å². The number of anilines is 1. The van der Waals surface area contributed by atoms with E-state index < -0.39 is 0 Å². The average Bonchev–Trinajstić information content (AvgIpc) is 2.83. The van der Waals surface area contributed by atoms with Crippen LogP contribution in [0.2, 0.25) is 0 Å². The number of hydrogen-bond donors (Lipinski definition) is 1. The fourth-order valence-corrected chi connectivity index (χ4v) is 2.36. The minimum atomic E-state index is 0.513. The third-order valence-corrected chi connectivity index (χ3v) is 3.36. The number of aromatic nitrogens is 2. The first-order valence-electron chi connectivity index (χ1n) is 6.68. The molecule has 0 fully saturated rings. The zero-order valence-corrected chi connectivity index (χ0v) is 11.4. The molecule has 0 amide bonds. The summed E-state index contributed by atoms with van der Waals surface area (Å²) in [7, 11) is 0. The zero-order chi connectivity index (χ0) is 13.9. The van der Waals surface area contributed by atoms with Gasteiger partial charge in [-0.1, -0.05) is 0 Å². The molecule has 0 bridgehead atoms. The molecule has 3 aromatic rings. The molecule has 2 N–H and O–H groups in total. The smallest absolute Gasteiger partial charge is 0.138 e. The largest absolute Gasteiger partial charge is 0.487 e. The average molecular weight is 267 g/mol. The number of benzene rings is 1. The Morgan fingerprint density at radius 1 is 1.30 bits per heavy atom. The van der Waals surface area contributed by atoms with Gasteiger partial charge < -0.3 is 15.0 Å². The van der Waals surface area contributed by atoms with E-state index >= 15 is 0 Å². The molecule has 20 heavy (non-hydrogen) atoms. The van der Waals surface area contributed by atoms with Crippen molar-refractivity contribution < 1.29 is 4.74 Å². The molecule has 102 valence electrons. The maximum atomic E-state index is 5.89. The molecule has 0 aliphatic heterocycles. The molecule has 0 aliphatic carbocycles. The summed E-state index contributed by atoms with van der Waals surface area (Å²) in [5.41, 5.74) is 8.99. The first kappa shape index (κ1) is 12.5. The van der Waals surface area contributed by atoms with Gasteiger partial charge in [-0.2, -0.15) is 0 Å². The second-order valence-corrected chi connectivity index (χ2v) is 4.69. The minimum absolute atomic E-state index is 0.513. The van der Waals surface area contributed by atoms with E-state index in [1.54, 1.807) is 12.4 Å². The van der Waals surface area contributed by atoms with Gasteiger partial charge in [0.25, 0.3) is 0 Å². The van der Waals surface area contributed by atoms with E-state index in [4.69, 9.17) is 10.5 Å². The van der Waals surface area contributed by atoms with Crippen LogP contribution >= 0.6 is 0 Å². The number of nitrogen functional groups attached to an aromatic ring is 1. The van der Waals surface area contributed by atoms with Crippen molar-refractivity contribution >= 4 is 16.6 Å². The lowest BCUT2D eigenvalue weighted by atomic mass is 10.1. The lowest BCUT2D eigenvalue weighted by Gasteiger charge is -2.04. The Bertz CT molecular complexity index is 719. The van der Waals surface area contributed by atoms with Crippen LogP contribution in [0.15, 0.2) is 48.9 Å². The fourth-order valence-electron chi connectivity index (χ4n) is 2.36. The van der Waals surface area contributed by atoms with Crippen molar-refractivity contribution in [2.24, 2.45) is 0 Å². The molecule has 0 saturated carbocycles. The van der Waals surface area contributed by atoms with Gasteiger partial charge in [-0.3, -0.25) is 4.98 Å². The van der Waals surface area contributed by atoms with E-state index in [1.807, 2.05) is 24.3 Å². The Balaban J connectivity index is 1.93. The molecule has 0 unspecified atom stereocenters. The highest BCUT2D eigenvalue weighted by atomic mass is 16.5. The maximum absolute atomic E-state index is 5.89. The highest BCUT2D eigenvalue weighted by Gasteiger charge is 2.08. The SMILES string of the molecule is CCn1cc(COc2cccnc2)c2cc(N)ccc21. The summed E-state index contributed by atoms with van der Waals surface area (Å²) in [6.45, 7) is 3.56. The third kappa shape index (κ3) is 2.32. The van der Waals surface area contributed by atoms with Crippen LogP contribution in [0.25, 0.3) is 10.9 Å². The summed E-state index contributed by atoms with van der Waals surface area (Å²) in [5, 5.41) is 1.15. The van der Waals surface area contributed by atoms with E-state index in [-0.39, 0.29) is 0 Å². The molecule has 3 rings (SSSR count). The maximum Gasteiger partial charge on any atom is 0.138 e. The summed E-state index contributed by atoms with van der Waals surface area (Å²) in [6, 6.07) is 9.76. The summed E-state index contributed by atoms with van der Waals surface area (Å²) < 4.78 is 7.99. The fraction of sp³-hybridized carbons (Fsp3) is 0.188. The van der Waals surface area contributed by atoms with Crippen LogP contribution in [0.4, 0.5) is 5.69 Å². The summed E-state index contributed by atoms with van der Waals surface area (Å²) in [6.07, 6.45) is 5.57. The van der Waals surface area contributed by atoms with Crippen molar-refractivity contribution in [2.75, 3.05) is 5.73 Å². The molecule has 4 heteroatoms. The molecular formula is C16H17N3O. The zero-order valence-electron chi connectivity index (χ0n) is 11.4. The Morgan fingerprint density at radius 3 is 2.95 bits per heavy atom. The van der Waals surface area contributed by atoms with Crippen molar-refractivity contribution in [1.82, 2.24) is 9.55 Å². The van der Waals surface area contributed by atoms with E-state index in [0.29, 0.717) is 6.61 Å². The first-order chi connectivity index (χ1) is 9.78. The lowest BCUT2D eigenvalue weighted by Crippen LogP contribution is -1.95. The van der Waals surface area contributed by atoms with Crippen molar-refractivity contribution in [3.05, 3.63) is 54.5 Å². The Morgan fingerprint density at radius 2 is 2.20 bits per heavy atom. The summed E-state index contributed by atoms with van der Waals surface area (Å²) in [4.78, 5) is 4.04. The second-order valence-electron chi connectivity index (χ2n) is 4.69. The van der Waals surface area contributed by atoms with E-state index in [2.05, 4.69) is 28.7 Å². The van der Waals surface area contributed by atoms with Gasteiger partial charge in [-0.05, 0) is 37.3 Å². The number of aryl methyl sites for hydroxylation is 1. The number of rotatable bonds is 4. The van der Waals surface area contributed by atoms with Gasteiger partial charge in [-0.25, -0.2) is 0 Å². The highest BCUT2D eigenvalue weighted by Crippen LogP contribution is 2.25. The predicted octanol–water partition coefficient (Wildman–Crippen LogP) is 3.22. The van der Waals surface area contributed by atoms with Gasteiger partial charge in [-0.15, -0.1) is 0 Å². The molecule has 0 atom stereocenters. The number of nitrogens with zero attached hydrogens (tertiary/aromatic N) is 2. The van der Waals surface area contributed by atoms with Crippen molar-refractivity contribution in [3.63, 3.8) is 0 Å². The number of ether oxygens (including phenoxy) is 1. The van der Waals surface area contributed by atoms with Crippen LogP contribution in [-0.2, 0) is 13.2 Å². The van der Waals surface area contributed by atoms with Gasteiger partial charge in [0.2, 0.25) is 0 Å².